The Kier molecular flexibility index (Phi) is 3.95. The molecule has 0 saturated heterocycles. The van der Waals surface area contributed by atoms with Crippen LogP contribution in [0.4, 0.5) is 4.39 Å². The van der Waals surface area contributed by atoms with Crippen LogP contribution in [0, 0.1) is 11.7 Å². The van der Waals surface area contributed by atoms with Gasteiger partial charge in [-0.05, 0) is 60.6 Å². The highest BCUT2D eigenvalue weighted by Crippen LogP contribution is 2.50. The number of halogens is 2. The Morgan fingerprint density at radius 3 is 2.62 bits per heavy atom. The van der Waals surface area contributed by atoms with Gasteiger partial charge in [0.05, 0.1) is 0 Å². The quantitative estimate of drug-likeness (QED) is 0.801. The maximum Gasteiger partial charge on any atom is 0.223 e. The van der Waals surface area contributed by atoms with Crippen molar-refractivity contribution in [1.29, 1.82) is 0 Å². The predicted octanol–water partition coefficient (Wildman–Crippen LogP) is 4.54. The van der Waals surface area contributed by atoms with Crippen LogP contribution in [0.15, 0.2) is 53.0 Å². The van der Waals surface area contributed by atoms with Crippen molar-refractivity contribution in [2.45, 2.75) is 30.6 Å². The lowest BCUT2D eigenvalue weighted by Crippen LogP contribution is -2.33. The summed E-state index contributed by atoms with van der Waals surface area (Å²) in [7, 11) is 0. The summed E-state index contributed by atoms with van der Waals surface area (Å²) in [6.07, 6.45) is 3.03. The van der Waals surface area contributed by atoms with Crippen LogP contribution in [0.1, 0.15) is 36.3 Å². The topological polar surface area (TPSA) is 29.1 Å². The summed E-state index contributed by atoms with van der Waals surface area (Å²) < 4.78 is 14.1. The molecule has 0 heterocycles. The van der Waals surface area contributed by atoms with E-state index < -0.39 is 0 Å². The van der Waals surface area contributed by atoms with E-state index in [4.69, 9.17) is 0 Å². The van der Waals surface area contributed by atoms with Crippen molar-refractivity contribution < 1.29 is 9.18 Å². The second kappa shape index (κ2) is 5.99. The van der Waals surface area contributed by atoms with E-state index in [1.807, 2.05) is 24.3 Å². The van der Waals surface area contributed by atoms with Gasteiger partial charge in [0.1, 0.15) is 5.82 Å². The van der Waals surface area contributed by atoms with Crippen molar-refractivity contribution in [1.82, 2.24) is 5.32 Å². The minimum absolute atomic E-state index is 0.0174. The lowest BCUT2D eigenvalue weighted by molar-refractivity contribution is -0.122. The van der Waals surface area contributed by atoms with E-state index in [1.54, 1.807) is 0 Å². The molecule has 2 fully saturated rings. The molecule has 24 heavy (non-hydrogen) atoms. The fourth-order valence-electron chi connectivity index (χ4n) is 3.50. The van der Waals surface area contributed by atoms with Crippen LogP contribution in [0.2, 0.25) is 0 Å². The average molecular weight is 388 g/mol. The number of hydrogen-bond acceptors (Lipinski definition) is 1. The fraction of sp³-hybridized carbons (Fsp3) is 0.350. The van der Waals surface area contributed by atoms with E-state index in [0.717, 1.165) is 29.3 Å². The molecule has 0 radical (unpaired) electrons. The molecular formula is C20H19BrFNO. The largest absolute Gasteiger partial charge is 0.355 e. The van der Waals surface area contributed by atoms with Crippen molar-refractivity contribution in [3.63, 3.8) is 0 Å². The molecule has 0 spiro atoms. The third kappa shape index (κ3) is 3.12. The Morgan fingerprint density at radius 1 is 1.21 bits per heavy atom. The number of rotatable bonds is 5. The molecule has 2 aromatic rings. The van der Waals surface area contributed by atoms with Crippen LogP contribution in [0.5, 0.6) is 0 Å². The van der Waals surface area contributed by atoms with Crippen LogP contribution in [0.25, 0.3) is 0 Å². The summed E-state index contributed by atoms with van der Waals surface area (Å²) in [4.78, 5) is 12.5. The van der Waals surface area contributed by atoms with E-state index in [9.17, 15) is 9.18 Å². The standard InChI is InChI=1S/C20H19BrFNO/c21-15-3-1-2-13(10-15)17-11-18(17)19(24)23-12-20(8-9-20)14-4-6-16(22)7-5-14/h1-7,10,17-18H,8-9,11-12H2,(H,23,24). The molecule has 2 aliphatic carbocycles. The molecule has 0 aromatic heterocycles. The van der Waals surface area contributed by atoms with Gasteiger partial charge in [-0.3, -0.25) is 4.79 Å². The van der Waals surface area contributed by atoms with E-state index in [-0.39, 0.29) is 23.1 Å². The Labute approximate surface area is 149 Å². The number of amides is 1. The van der Waals surface area contributed by atoms with Gasteiger partial charge in [-0.2, -0.15) is 0 Å². The Balaban J connectivity index is 1.35. The summed E-state index contributed by atoms with van der Waals surface area (Å²) in [5, 5.41) is 3.13. The normalized spacial score (nSPS) is 23.6. The van der Waals surface area contributed by atoms with Crippen molar-refractivity contribution in [3.8, 4) is 0 Å². The van der Waals surface area contributed by atoms with Crippen molar-refractivity contribution >= 4 is 21.8 Å². The molecule has 2 nitrogen and oxygen atoms in total. The molecule has 2 aromatic carbocycles. The fourth-order valence-corrected chi connectivity index (χ4v) is 3.92. The van der Waals surface area contributed by atoms with Gasteiger partial charge >= 0.3 is 0 Å². The van der Waals surface area contributed by atoms with Crippen molar-refractivity contribution in [3.05, 3.63) is 69.9 Å². The molecule has 1 amide bonds. The first-order valence-electron chi connectivity index (χ1n) is 8.37. The lowest BCUT2D eigenvalue weighted by atomic mass is 9.96. The third-order valence-corrected chi connectivity index (χ3v) is 5.81. The number of nitrogens with one attached hydrogen (secondary N) is 1. The maximum atomic E-state index is 13.1. The zero-order valence-corrected chi connectivity index (χ0v) is 14.9. The number of benzene rings is 2. The van der Waals surface area contributed by atoms with Gasteiger partial charge in [-0.15, -0.1) is 0 Å². The van der Waals surface area contributed by atoms with Crippen LogP contribution in [-0.4, -0.2) is 12.5 Å². The Bertz CT molecular complexity index is 769. The number of carbonyl (C=O) groups excluding carboxylic acids is 1. The highest BCUT2D eigenvalue weighted by Gasteiger charge is 2.47. The average Bonchev–Trinajstić information content (AvgIpc) is 3.47. The van der Waals surface area contributed by atoms with Gasteiger partial charge in [0, 0.05) is 22.4 Å². The first kappa shape index (κ1) is 15.8. The third-order valence-electron chi connectivity index (χ3n) is 5.32. The van der Waals surface area contributed by atoms with Gasteiger partial charge in [-0.25, -0.2) is 4.39 Å². The van der Waals surface area contributed by atoms with E-state index in [2.05, 4.69) is 33.4 Å². The molecule has 2 atom stereocenters. The highest BCUT2D eigenvalue weighted by molar-refractivity contribution is 9.10. The van der Waals surface area contributed by atoms with Crippen molar-refractivity contribution in [2.24, 2.45) is 5.92 Å². The molecule has 2 aliphatic rings. The van der Waals surface area contributed by atoms with E-state index in [0.29, 0.717) is 12.5 Å². The smallest absolute Gasteiger partial charge is 0.223 e. The monoisotopic (exact) mass is 387 g/mol. The van der Waals surface area contributed by atoms with Crippen LogP contribution >= 0.6 is 15.9 Å². The molecule has 1 N–H and O–H groups in total. The van der Waals surface area contributed by atoms with Gasteiger partial charge in [-0.1, -0.05) is 40.2 Å². The van der Waals surface area contributed by atoms with Crippen LogP contribution < -0.4 is 5.32 Å². The minimum atomic E-state index is -0.214. The van der Waals surface area contributed by atoms with Gasteiger partial charge < -0.3 is 5.32 Å². The summed E-state index contributed by atoms with van der Waals surface area (Å²) in [5.74, 6) is 0.355. The van der Waals surface area contributed by atoms with Gasteiger partial charge in [0.25, 0.3) is 0 Å². The second-order valence-electron chi connectivity index (χ2n) is 7.01. The molecule has 0 aliphatic heterocycles. The molecule has 2 saturated carbocycles. The maximum absolute atomic E-state index is 13.1. The van der Waals surface area contributed by atoms with E-state index >= 15 is 0 Å². The summed E-state index contributed by atoms with van der Waals surface area (Å²) in [6, 6.07) is 14.9. The minimum Gasteiger partial charge on any atom is -0.355 e. The summed E-state index contributed by atoms with van der Waals surface area (Å²) >= 11 is 3.48. The molecule has 2 unspecified atom stereocenters. The van der Waals surface area contributed by atoms with Gasteiger partial charge in [0.2, 0.25) is 5.91 Å². The Hall–Kier alpha value is -1.68. The second-order valence-corrected chi connectivity index (χ2v) is 7.92. The summed E-state index contributed by atoms with van der Waals surface area (Å²) in [5.41, 5.74) is 2.37. The molecular weight excluding hydrogens is 369 g/mol. The first-order chi connectivity index (χ1) is 11.6. The van der Waals surface area contributed by atoms with E-state index in [1.165, 1.54) is 17.7 Å². The first-order valence-corrected chi connectivity index (χ1v) is 9.16. The molecule has 124 valence electrons. The van der Waals surface area contributed by atoms with Crippen LogP contribution in [-0.2, 0) is 10.2 Å². The zero-order chi connectivity index (χ0) is 16.7. The highest BCUT2D eigenvalue weighted by atomic mass is 79.9. The predicted molar refractivity (Wildman–Crippen MR) is 95.3 cm³/mol. The van der Waals surface area contributed by atoms with Crippen molar-refractivity contribution in [2.75, 3.05) is 6.54 Å². The molecule has 0 bridgehead atoms. The van der Waals surface area contributed by atoms with Gasteiger partial charge in [0.15, 0.2) is 0 Å². The molecule has 4 heteroatoms. The summed E-state index contributed by atoms with van der Waals surface area (Å²) in [6.45, 7) is 0.652. The Morgan fingerprint density at radius 2 is 1.96 bits per heavy atom. The molecule has 4 rings (SSSR count). The zero-order valence-electron chi connectivity index (χ0n) is 13.3. The SMILES string of the molecule is O=C(NCC1(c2ccc(F)cc2)CC1)C1CC1c1cccc(Br)c1. The number of carbonyl (C=O) groups is 1. The van der Waals surface area contributed by atoms with Crippen LogP contribution in [0.3, 0.4) is 0 Å². The number of hydrogen-bond donors (Lipinski definition) is 1. The lowest BCUT2D eigenvalue weighted by Gasteiger charge is -2.16.